The highest BCUT2D eigenvalue weighted by Crippen LogP contribution is 2.27. The molecule has 114 valence electrons. The van der Waals surface area contributed by atoms with Gasteiger partial charge in [0.2, 0.25) is 5.91 Å². The van der Waals surface area contributed by atoms with Gasteiger partial charge < -0.3 is 11.1 Å². The van der Waals surface area contributed by atoms with Crippen molar-refractivity contribution in [1.82, 2.24) is 5.32 Å². The van der Waals surface area contributed by atoms with Crippen molar-refractivity contribution in [3.05, 3.63) is 39.9 Å². The predicted octanol–water partition coefficient (Wildman–Crippen LogP) is 1.77. The van der Waals surface area contributed by atoms with Gasteiger partial charge in [-0.15, -0.1) is 0 Å². The first-order chi connectivity index (χ1) is 10.1. The summed E-state index contributed by atoms with van der Waals surface area (Å²) in [4.78, 5) is 22.6. The zero-order valence-electron chi connectivity index (χ0n) is 12.0. The number of para-hydroxylation sites is 1. The number of nitro benzene ring substituents is 1. The Morgan fingerprint density at radius 1 is 1.38 bits per heavy atom. The Morgan fingerprint density at radius 3 is 2.67 bits per heavy atom. The second kappa shape index (κ2) is 7.17. The number of hydrogen-bond donors (Lipinski definition) is 2. The maximum Gasteiger partial charge on any atom is 0.273 e. The van der Waals surface area contributed by atoms with Crippen molar-refractivity contribution >= 4 is 11.6 Å². The molecule has 1 fully saturated rings. The van der Waals surface area contributed by atoms with Crippen molar-refractivity contribution in [3.63, 3.8) is 0 Å². The van der Waals surface area contributed by atoms with E-state index >= 15 is 0 Å². The Balaban J connectivity index is 1.99. The van der Waals surface area contributed by atoms with E-state index in [1.165, 1.54) is 18.9 Å². The van der Waals surface area contributed by atoms with Gasteiger partial charge in [0.25, 0.3) is 5.69 Å². The summed E-state index contributed by atoms with van der Waals surface area (Å²) in [5.74, 6) is 0.233. The molecular formula is C15H21N3O3. The molecule has 1 aromatic carbocycles. The van der Waals surface area contributed by atoms with Gasteiger partial charge in [-0.25, -0.2) is 0 Å². The van der Waals surface area contributed by atoms with Crippen LogP contribution in [0.25, 0.3) is 0 Å². The number of nitrogens with two attached hydrogens (primary N) is 1. The largest absolute Gasteiger partial charge is 0.352 e. The lowest BCUT2D eigenvalue weighted by Gasteiger charge is -2.23. The van der Waals surface area contributed by atoms with Crippen LogP contribution in [0.2, 0.25) is 0 Å². The van der Waals surface area contributed by atoms with E-state index < -0.39 is 4.92 Å². The van der Waals surface area contributed by atoms with Crippen LogP contribution < -0.4 is 11.1 Å². The number of nitro groups is 1. The first-order valence-electron chi connectivity index (χ1n) is 7.33. The summed E-state index contributed by atoms with van der Waals surface area (Å²) in [6.07, 6.45) is 4.56. The number of benzene rings is 1. The molecule has 0 bridgehead atoms. The molecule has 3 N–H and O–H groups in total. The summed E-state index contributed by atoms with van der Waals surface area (Å²) < 4.78 is 0. The van der Waals surface area contributed by atoms with E-state index in [0.717, 1.165) is 12.8 Å². The van der Waals surface area contributed by atoms with Gasteiger partial charge in [-0.1, -0.05) is 31.0 Å². The minimum Gasteiger partial charge on any atom is -0.352 e. The number of carbonyl (C=O) groups excluding carboxylic acids is 1. The lowest BCUT2D eigenvalue weighted by atomic mass is 9.98. The third kappa shape index (κ3) is 4.01. The topological polar surface area (TPSA) is 98.3 Å². The summed E-state index contributed by atoms with van der Waals surface area (Å²) >= 11 is 0. The minimum atomic E-state index is -0.458. The van der Waals surface area contributed by atoms with Crippen LogP contribution in [-0.4, -0.2) is 23.4 Å². The van der Waals surface area contributed by atoms with Crippen molar-refractivity contribution in [3.8, 4) is 0 Å². The zero-order chi connectivity index (χ0) is 15.2. The van der Waals surface area contributed by atoms with E-state index in [1.807, 2.05) is 0 Å². The van der Waals surface area contributed by atoms with E-state index in [-0.39, 0.29) is 24.1 Å². The third-order valence-corrected chi connectivity index (χ3v) is 4.11. The normalized spacial score (nSPS) is 16.6. The second-order valence-electron chi connectivity index (χ2n) is 5.52. The van der Waals surface area contributed by atoms with Crippen LogP contribution in [-0.2, 0) is 11.2 Å². The fraction of sp³-hybridized carbons (Fsp3) is 0.533. The Hall–Kier alpha value is -1.95. The van der Waals surface area contributed by atoms with Gasteiger partial charge in [0.05, 0.1) is 11.3 Å². The van der Waals surface area contributed by atoms with Gasteiger partial charge in [-0.2, -0.15) is 0 Å². The van der Waals surface area contributed by atoms with Crippen LogP contribution in [0.5, 0.6) is 0 Å². The van der Waals surface area contributed by atoms with Crippen LogP contribution >= 0.6 is 0 Å². The second-order valence-corrected chi connectivity index (χ2v) is 5.52. The van der Waals surface area contributed by atoms with Gasteiger partial charge in [-0.05, 0) is 18.8 Å². The third-order valence-electron chi connectivity index (χ3n) is 4.11. The highest BCUT2D eigenvalue weighted by molar-refractivity contribution is 5.80. The molecule has 0 spiro atoms. The summed E-state index contributed by atoms with van der Waals surface area (Å²) in [6.45, 7) is 0.410. The molecule has 2 rings (SSSR count). The molecule has 0 radical (unpaired) electrons. The molecule has 1 aliphatic rings. The number of nitrogens with zero attached hydrogens (tertiary/aromatic N) is 1. The Labute approximate surface area is 123 Å². The molecule has 21 heavy (non-hydrogen) atoms. The Morgan fingerprint density at radius 2 is 2.05 bits per heavy atom. The van der Waals surface area contributed by atoms with Gasteiger partial charge in [0.1, 0.15) is 0 Å². The van der Waals surface area contributed by atoms with E-state index in [2.05, 4.69) is 5.32 Å². The van der Waals surface area contributed by atoms with E-state index in [9.17, 15) is 14.9 Å². The molecule has 1 amide bonds. The summed E-state index contributed by atoms with van der Waals surface area (Å²) in [6, 6.07) is 6.31. The number of nitrogens with one attached hydrogen (secondary N) is 1. The molecule has 6 nitrogen and oxygen atoms in total. The molecule has 0 aromatic heterocycles. The van der Waals surface area contributed by atoms with Crippen molar-refractivity contribution in [2.24, 2.45) is 11.7 Å². The number of amides is 1. The van der Waals surface area contributed by atoms with Crippen molar-refractivity contribution in [2.75, 3.05) is 6.54 Å². The zero-order valence-corrected chi connectivity index (χ0v) is 12.0. The average molecular weight is 291 g/mol. The lowest BCUT2D eigenvalue weighted by Crippen LogP contribution is -2.45. The monoisotopic (exact) mass is 291 g/mol. The van der Waals surface area contributed by atoms with E-state index in [0.29, 0.717) is 18.0 Å². The standard InChI is InChI=1S/C15H21N3O3/c16-10-13(11-5-1-2-6-11)17-15(19)9-12-7-3-4-8-14(12)18(20)21/h3-4,7-8,11,13H,1-2,5-6,9-10,16H2,(H,17,19). The Bertz CT molecular complexity index is 513. The van der Waals surface area contributed by atoms with Crippen molar-refractivity contribution in [2.45, 2.75) is 38.1 Å². The molecule has 0 heterocycles. The van der Waals surface area contributed by atoms with Gasteiger partial charge in [0, 0.05) is 24.2 Å². The average Bonchev–Trinajstić information content (AvgIpc) is 2.99. The Kier molecular flexibility index (Phi) is 5.27. The van der Waals surface area contributed by atoms with E-state index in [1.54, 1.807) is 18.2 Å². The van der Waals surface area contributed by atoms with E-state index in [4.69, 9.17) is 5.73 Å². The van der Waals surface area contributed by atoms with Crippen molar-refractivity contribution in [1.29, 1.82) is 0 Å². The van der Waals surface area contributed by atoms with Gasteiger partial charge in [-0.3, -0.25) is 14.9 Å². The highest BCUT2D eigenvalue weighted by Gasteiger charge is 2.26. The molecule has 1 saturated carbocycles. The van der Waals surface area contributed by atoms with Gasteiger partial charge >= 0.3 is 0 Å². The number of rotatable bonds is 6. The smallest absolute Gasteiger partial charge is 0.273 e. The SMILES string of the molecule is NCC(NC(=O)Cc1ccccc1[N+](=O)[O-])C1CCCC1. The minimum absolute atomic E-state index is 0.0143. The van der Waals surface area contributed by atoms with Crippen LogP contribution in [0.3, 0.4) is 0 Å². The summed E-state index contributed by atoms with van der Waals surface area (Å²) in [5, 5.41) is 13.9. The molecule has 1 aromatic rings. The molecule has 0 saturated heterocycles. The molecular weight excluding hydrogens is 270 g/mol. The molecule has 1 atom stereocenters. The summed E-state index contributed by atoms with van der Waals surface area (Å²) in [5.41, 5.74) is 6.17. The maximum absolute atomic E-state index is 12.1. The fourth-order valence-corrected chi connectivity index (χ4v) is 3.00. The predicted molar refractivity (Wildman–Crippen MR) is 79.7 cm³/mol. The first-order valence-corrected chi connectivity index (χ1v) is 7.33. The van der Waals surface area contributed by atoms with Crippen molar-refractivity contribution < 1.29 is 9.72 Å². The summed E-state index contributed by atoms with van der Waals surface area (Å²) in [7, 11) is 0. The molecule has 0 aliphatic heterocycles. The van der Waals surface area contributed by atoms with Gasteiger partial charge in [0.15, 0.2) is 0 Å². The van der Waals surface area contributed by atoms with Crippen LogP contribution in [0, 0.1) is 16.0 Å². The number of hydrogen-bond acceptors (Lipinski definition) is 4. The number of carbonyl (C=O) groups is 1. The molecule has 1 aliphatic carbocycles. The van der Waals surface area contributed by atoms with Crippen LogP contribution in [0.1, 0.15) is 31.2 Å². The molecule has 1 unspecified atom stereocenters. The lowest BCUT2D eigenvalue weighted by molar-refractivity contribution is -0.385. The fourth-order valence-electron chi connectivity index (χ4n) is 3.00. The quantitative estimate of drug-likeness (QED) is 0.616. The first kappa shape index (κ1) is 15.4. The van der Waals surface area contributed by atoms with Crippen LogP contribution in [0.15, 0.2) is 24.3 Å². The van der Waals surface area contributed by atoms with Crippen LogP contribution in [0.4, 0.5) is 5.69 Å². The highest BCUT2D eigenvalue weighted by atomic mass is 16.6. The molecule has 6 heteroatoms. The maximum atomic E-state index is 12.1.